The summed E-state index contributed by atoms with van der Waals surface area (Å²) in [5.74, 6) is -0.479. The smallest absolute Gasteiger partial charge is 0.332 e. The molecule has 3 aromatic carbocycles. The lowest BCUT2D eigenvalue weighted by molar-refractivity contribution is -0.117. The number of benzene rings is 3. The second-order valence-electron chi connectivity index (χ2n) is 9.56. The molecule has 1 aliphatic heterocycles. The van der Waals surface area contributed by atoms with Crippen molar-refractivity contribution in [3.63, 3.8) is 0 Å². The van der Waals surface area contributed by atoms with E-state index < -0.39 is 26.7 Å². The monoisotopic (exact) mass is 536 g/mol. The Kier molecular flexibility index (Phi) is 7.23. The van der Waals surface area contributed by atoms with E-state index in [9.17, 15) is 17.1 Å². The molecule has 1 heterocycles. The van der Waals surface area contributed by atoms with Gasteiger partial charge >= 0.3 is 10.2 Å². The van der Waals surface area contributed by atoms with Crippen LogP contribution in [-0.4, -0.2) is 31.9 Å². The van der Waals surface area contributed by atoms with Crippen LogP contribution in [0.4, 0.5) is 15.3 Å². The average molecular weight is 537 g/mol. The van der Waals surface area contributed by atoms with Crippen LogP contribution >= 0.6 is 0 Å². The number of aliphatic imine (C=N–C) groups is 2. The van der Waals surface area contributed by atoms with Gasteiger partial charge in [0.1, 0.15) is 5.66 Å². The van der Waals surface area contributed by atoms with Crippen LogP contribution in [0.5, 0.6) is 0 Å². The summed E-state index contributed by atoms with van der Waals surface area (Å²) in [6, 6.07) is 20.2. The molecule has 38 heavy (non-hydrogen) atoms. The molecule has 0 spiro atoms. The van der Waals surface area contributed by atoms with Crippen molar-refractivity contribution in [1.82, 2.24) is 0 Å². The molecule has 0 saturated heterocycles. The maximum Gasteiger partial charge on any atom is 0.332 e. The number of amides is 1. The number of hydrogen-bond donors (Lipinski definition) is 3. The fraction of sp³-hybridized carbons (Fsp3) is 0.222. The van der Waals surface area contributed by atoms with Gasteiger partial charge in [-0.3, -0.25) is 9.69 Å². The van der Waals surface area contributed by atoms with E-state index in [1.807, 2.05) is 69.3 Å². The predicted octanol–water partition coefficient (Wildman–Crippen LogP) is 3.80. The van der Waals surface area contributed by atoms with E-state index in [1.165, 1.54) is 12.1 Å². The molecule has 0 radical (unpaired) electrons. The second kappa shape index (κ2) is 10.3. The summed E-state index contributed by atoms with van der Waals surface area (Å²) in [4.78, 5) is 23.1. The largest absolute Gasteiger partial charge is 0.369 e. The number of halogens is 1. The van der Waals surface area contributed by atoms with Gasteiger partial charge in [-0.25, -0.2) is 4.99 Å². The minimum Gasteiger partial charge on any atom is -0.369 e. The zero-order valence-corrected chi connectivity index (χ0v) is 22.0. The molecule has 198 valence electrons. The topological polar surface area (TPSA) is 143 Å². The van der Waals surface area contributed by atoms with Crippen LogP contribution in [0.15, 0.2) is 87.7 Å². The molecule has 4 rings (SSSR count). The number of nitrogens with one attached hydrogen (secondary N) is 1. The van der Waals surface area contributed by atoms with Crippen molar-refractivity contribution in [2.24, 2.45) is 21.5 Å². The van der Waals surface area contributed by atoms with Crippen molar-refractivity contribution in [1.29, 1.82) is 0 Å². The number of anilines is 2. The Bertz CT molecular complexity index is 1500. The number of nitrogens with two attached hydrogens (primary N) is 2. The molecular weight excluding hydrogens is 507 g/mol. The van der Waals surface area contributed by atoms with E-state index in [2.05, 4.69) is 15.3 Å². The fourth-order valence-corrected chi connectivity index (χ4v) is 4.82. The lowest BCUT2D eigenvalue weighted by Crippen LogP contribution is -2.54. The highest BCUT2D eigenvalue weighted by atomic mass is 32.3. The summed E-state index contributed by atoms with van der Waals surface area (Å²) in [6.07, 6.45) is 0.393. The fourth-order valence-electron chi connectivity index (χ4n) is 4.36. The van der Waals surface area contributed by atoms with Crippen molar-refractivity contribution >= 4 is 39.4 Å². The Labute approximate surface area is 221 Å². The third kappa shape index (κ3) is 6.00. The first-order valence-corrected chi connectivity index (χ1v) is 13.2. The molecule has 5 N–H and O–H groups in total. The van der Waals surface area contributed by atoms with Crippen molar-refractivity contribution < 1.29 is 17.1 Å². The van der Waals surface area contributed by atoms with E-state index in [-0.39, 0.29) is 17.8 Å². The van der Waals surface area contributed by atoms with Gasteiger partial charge in [0.15, 0.2) is 0 Å². The van der Waals surface area contributed by atoms with Crippen molar-refractivity contribution in [3.05, 3.63) is 89.5 Å². The van der Waals surface area contributed by atoms with E-state index >= 15 is 0 Å². The molecule has 0 saturated carbocycles. The first kappa shape index (κ1) is 26.8. The highest BCUT2D eigenvalue weighted by Crippen LogP contribution is 2.29. The summed E-state index contributed by atoms with van der Waals surface area (Å²) in [7, 11) is -4.82. The number of carbonyl (C=O) groups is 1. The number of hydrogen-bond acceptors (Lipinski definition) is 8. The number of carbonyl (C=O) groups excluding carboxylic acids is 1. The lowest BCUT2D eigenvalue weighted by Gasteiger charge is -2.38. The van der Waals surface area contributed by atoms with E-state index in [0.717, 1.165) is 34.5 Å². The van der Waals surface area contributed by atoms with Crippen LogP contribution in [-0.2, 0) is 21.4 Å². The molecule has 0 aromatic heterocycles. The summed E-state index contributed by atoms with van der Waals surface area (Å²) in [6.45, 7) is 5.72. The van der Waals surface area contributed by atoms with Gasteiger partial charge in [0.25, 0.3) is 0 Å². The molecule has 1 aliphatic rings. The Morgan fingerprint density at radius 1 is 1.00 bits per heavy atom. The quantitative estimate of drug-likeness (QED) is 0.392. The summed E-state index contributed by atoms with van der Waals surface area (Å²) in [5, 5.41) is 2.81. The second-order valence-corrected chi connectivity index (χ2v) is 10.9. The van der Waals surface area contributed by atoms with Gasteiger partial charge in [-0.1, -0.05) is 42.0 Å². The number of aryl methyl sites for hydroxylation is 1. The van der Waals surface area contributed by atoms with E-state index in [4.69, 9.17) is 11.5 Å². The van der Waals surface area contributed by atoms with E-state index in [1.54, 1.807) is 4.90 Å². The first-order valence-electron chi connectivity index (χ1n) is 11.8. The molecule has 1 unspecified atom stereocenters. The zero-order valence-electron chi connectivity index (χ0n) is 21.2. The Hall–Kier alpha value is -4.25. The van der Waals surface area contributed by atoms with Gasteiger partial charge in [-0.2, -0.15) is 13.4 Å². The van der Waals surface area contributed by atoms with Gasteiger partial charge < -0.3 is 16.8 Å². The van der Waals surface area contributed by atoms with Crippen molar-refractivity contribution in [2.75, 3.05) is 10.2 Å². The molecule has 0 fully saturated rings. The predicted molar refractivity (Wildman–Crippen MR) is 147 cm³/mol. The minimum absolute atomic E-state index is 0.119. The van der Waals surface area contributed by atoms with Crippen LogP contribution in [0.3, 0.4) is 0 Å². The van der Waals surface area contributed by atoms with Crippen LogP contribution in [0.2, 0.25) is 0 Å². The van der Waals surface area contributed by atoms with Crippen LogP contribution in [0, 0.1) is 6.92 Å². The Balaban J connectivity index is 1.58. The average Bonchev–Trinajstić information content (AvgIpc) is 2.82. The third-order valence-electron chi connectivity index (χ3n) is 6.23. The van der Waals surface area contributed by atoms with Crippen molar-refractivity contribution in [3.8, 4) is 0 Å². The molecule has 1 amide bonds. The molecule has 9 nitrogen and oxygen atoms in total. The molecular formula is C27H29FN6O3S. The third-order valence-corrected chi connectivity index (χ3v) is 7.06. The van der Waals surface area contributed by atoms with Gasteiger partial charge in [-0.15, -0.1) is 3.89 Å². The van der Waals surface area contributed by atoms with Gasteiger partial charge in [0.2, 0.25) is 17.8 Å². The van der Waals surface area contributed by atoms with Gasteiger partial charge in [-0.05, 0) is 74.7 Å². The zero-order chi connectivity index (χ0) is 27.7. The minimum atomic E-state index is -4.82. The van der Waals surface area contributed by atoms with Crippen LogP contribution < -0.4 is 21.7 Å². The Morgan fingerprint density at radius 2 is 1.61 bits per heavy atom. The van der Waals surface area contributed by atoms with Crippen molar-refractivity contribution in [2.45, 2.75) is 43.7 Å². The highest BCUT2D eigenvalue weighted by Gasteiger charge is 2.33. The molecule has 0 aliphatic carbocycles. The normalized spacial score (nSPS) is 15.8. The first-order chi connectivity index (χ1) is 17.8. The number of nitrogens with zero attached hydrogens (tertiary/aromatic N) is 3. The summed E-state index contributed by atoms with van der Waals surface area (Å²) >= 11 is 0. The van der Waals surface area contributed by atoms with E-state index in [0.29, 0.717) is 12.1 Å². The number of guanidine groups is 2. The standard InChI is InChI=1S/C27H29FN6O3S/c1-17-4-8-19(9-5-17)23(24(35)31-20-10-14-22(15-11-20)38(28,36)37)16-18-6-12-21(13-7-18)34-26(30)32-25(29)33-27(34,2)3/h4-15,23H,16H2,1-3H3,(H,31,35)(H4,29,30,32,33). The molecule has 3 aromatic rings. The number of rotatable bonds is 7. The Morgan fingerprint density at radius 3 is 2.16 bits per heavy atom. The SMILES string of the molecule is Cc1ccc(C(Cc2ccc(N3C(N)=NC(N)=NC3(C)C)cc2)C(=O)Nc2ccc(S(=O)(=O)F)cc2)cc1. The van der Waals surface area contributed by atoms with Crippen LogP contribution in [0.1, 0.15) is 36.5 Å². The summed E-state index contributed by atoms with van der Waals surface area (Å²) in [5.41, 5.74) is 15.1. The van der Waals surface area contributed by atoms with Crippen LogP contribution in [0.25, 0.3) is 0 Å². The maximum absolute atomic E-state index is 13.4. The lowest BCUT2D eigenvalue weighted by atomic mass is 9.90. The molecule has 0 bridgehead atoms. The summed E-state index contributed by atoms with van der Waals surface area (Å²) < 4.78 is 35.4. The van der Waals surface area contributed by atoms with Gasteiger partial charge in [0, 0.05) is 11.4 Å². The van der Waals surface area contributed by atoms with Gasteiger partial charge in [0.05, 0.1) is 10.8 Å². The highest BCUT2D eigenvalue weighted by molar-refractivity contribution is 7.86. The molecule has 1 atom stereocenters. The maximum atomic E-state index is 13.4. The molecule has 11 heteroatoms.